The van der Waals surface area contributed by atoms with Gasteiger partial charge in [0.25, 0.3) is 0 Å². The zero-order valence-corrected chi connectivity index (χ0v) is 14.9. The van der Waals surface area contributed by atoms with Crippen LogP contribution < -0.4 is 5.32 Å². The van der Waals surface area contributed by atoms with Gasteiger partial charge in [-0.25, -0.2) is 4.79 Å². The molecule has 1 saturated carbocycles. The normalized spacial score (nSPS) is 19.3. The molecule has 132 valence electrons. The molecule has 2 aromatic rings. The first-order chi connectivity index (χ1) is 12.2. The molecular formula is C20H26N4O. The monoisotopic (exact) mass is 338 g/mol. The van der Waals surface area contributed by atoms with E-state index in [2.05, 4.69) is 10.4 Å². The first kappa shape index (κ1) is 16.2. The highest BCUT2D eigenvalue weighted by Crippen LogP contribution is 2.43. The molecule has 1 N–H and O–H groups in total. The van der Waals surface area contributed by atoms with Crippen LogP contribution in [-0.4, -0.2) is 33.8 Å². The van der Waals surface area contributed by atoms with E-state index in [4.69, 9.17) is 0 Å². The Morgan fingerprint density at radius 2 is 1.88 bits per heavy atom. The van der Waals surface area contributed by atoms with E-state index in [9.17, 15) is 4.79 Å². The van der Waals surface area contributed by atoms with Gasteiger partial charge < -0.3 is 10.2 Å². The molecule has 2 amide bonds. The number of nitrogens with zero attached hydrogens (tertiary/aromatic N) is 3. The lowest BCUT2D eigenvalue weighted by molar-refractivity contribution is 0.184. The van der Waals surface area contributed by atoms with E-state index in [1.54, 1.807) is 4.68 Å². The number of aromatic nitrogens is 2. The summed E-state index contributed by atoms with van der Waals surface area (Å²) in [5.74, 6) is 0. The topological polar surface area (TPSA) is 50.2 Å². The molecule has 2 aliphatic rings. The fraction of sp³-hybridized carbons (Fsp3) is 0.500. The summed E-state index contributed by atoms with van der Waals surface area (Å²) in [5, 5.41) is 7.62. The molecule has 0 bridgehead atoms. The van der Waals surface area contributed by atoms with Gasteiger partial charge in [-0.3, -0.25) is 4.68 Å². The fourth-order valence-electron chi connectivity index (χ4n) is 4.40. The number of nitrogens with one attached hydrogen (secondary N) is 1. The van der Waals surface area contributed by atoms with Crippen LogP contribution in [0.1, 0.15) is 38.5 Å². The fourth-order valence-corrected chi connectivity index (χ4v) is 4.40. The van der Waals surface area contributed by atoms with Gasteiger partial charge in [0.05, 0.1) is 5.69 Å². The third kappa shape index (κ3) is 3.28. The molecule has 1 aliphatic carbocycles. The number of likely N-dealkylation sites (tertiary alicyclic amines) is 1. The van der Waals surface area contributed by atoms with E-state index in [0.29, 0.717) is 5.41 Å². The first-order valence-electron chi connectivity index (χ1n) is 9.30. The molecule has 0 radical (unpaired) electrons. The standard InChI is InChI=1S/C20H26N4O/c1-23-14-17(18(22-23)16-8-4-2-5-9-16)21-19(25)24-13-12-20(15-24)10-6-3-7-11-20/h2,4-5,8-9,14H,3,6-7,10-13,15H2,1H3,(H,21,25). The van der Waals surface area contributed by atoms with E-state index < -0.39 is 0 Å². The second kappa shape index (κ2) is 6.54. The second-order valence-corrected chi connectivity index (χ2v) is 7.59. The average molecular weight is 338 g/mol. The molecule has 0 unspecified atom stereocenters. The van der Waals surface area contributed by atoms with Crippen molar-refractivity contribution in [2.75, 3.05) is 18.4 Å². The number of rotatable bonds is 2. The Hall–Kier alpha value is -2.30. The number of hydrogen-bond acceptors (Lipinski definition) is 2. The van der Waals surface area contributed by atoms with E-state index in [0.717, 1.165) is 36.5 Å². The average Bonchev–Trinajstić information content (AvgIpc) is 3.20. The molecular weight excluding hydrogens is 312 g/mol. The largest absolute Gasteiger partial charge is 0.324 e. The number of urea groups is 1. The lowest BCUT2D eigenvalue weighted by Gasteiger charge is -2.33. The van der Waals surface area contributed by atoms with Crippen molar-refractivity contribution in [3.05, 3.63) is 36.5 Å². The van der Waals surface area contributed by atoms with E-state index in [1.165, 1.54) is 32.1 Å². The van der Waals surface area contributed by atoms with Gasteiger partial charge in [-0.15, -0.1) is 0 Å². The van der Waals surface area contributed by atoms with Crippen molar-refractivity contribution in [1.29, 1.82) is 0 Å². The number of benzene rings is 1. The second-order valence-electron chi connectivity index (χ2n) is 7.59. The third-order valence-corrected chi connectivity index (χ3v) is 5.76. The summed E-state index contributed by atoms with van der Waals surface area (Å²) in [6.07, 6.45) is 9.57. The van der Waals surface area contributed by atoms with Crippen LogP contribution in [0.3, 0.4) is 0 Å². The summed E-state index contributed by atoms with van der Waals surface area (Å²) in [6, 6.07) is 10.0. The van der Waals surface area contributed by atoms with Crippen molar-refractivity contribution < 1.29 is 4.79 Å². The summed E-state index contributed by atoms with van der Waals surface area (Å²) in [4.78, 5) is 14.8. The predicted octanol–water partition coefficient (Wildman–Crippen LogP) is 4.28. The molecule has 2 fully saturated rings. The molecule has 1 aromatic heterocycles. The first-order valence-corrected chi connectivity index (χ1v) is 9.30. The number of hydrogen-bond donors (Lipinski definition) is 1. The van der Waals surface area contributed by atoms with Crippen LogP contribution in [-0.2, 0) is 7.05 Å². The Balaban J connectivity index is 1.49. The van der Waals surface area contributed by atoms with Crippen molar-refractivity contribution in [2.24, 2.45) is 12.5 Å². The molecule has 25 heavy (non-hydrogen) atoms. The van der Waals surface area contributed by atoms with Gasteiger partial charge in [-0.2, -0.15) is 5.10 Å². The summed E-state index contributed by atoms with van der Waals surface area (Å²) < 4.78 is 1.75. The summed E-state index contributed by atoms with van der Waals surface area (Å²) in [6.45, 7) is 1.77. The van der Waals surface area contributed by atoms with E-state index >= 15 is 0 Å². The van der Waals surface area contributed by atoms with Crippen molar-refractivity contribution in [3.8, 4) is 11.3 Å². The van der Waals surface area contributed by atoms with Crippen LogP contribution in [0, 0.1) is 5.41 Å². The highest BCUT2D eigenvalue weighted by atomic mass is 16.2. The van der Waals surface area contributed by atoms with E-state index in [1.807, 2.05) is 48.5 Å². The maximum absolute atomic E-state index is 12.8. The number of aryl methyl sites for hydroxylation is 1. The minimum Gasteiger partial charge on any atom is -0.324 e. The van der Waals surface area contributed by atoms with Crippen molar-refractivity contribution in [3.63, 3.8) is 0 Å². The Bertz CT molecular complexity index is 746. The Labute approximate surface area is 149 Å². The third-order valence-electron chi connectivity index (χ3n) is 5.76. The van der Waals surface area contributed by atoms with Crippen LogP contribution in [0.2, 0.25) is 0 Å². The van der Waals surface area contributed by atoms with E-state index in [-0.39, 0.29) is 6.03 Å². The van der Waals surface area contributed by atoms with Crippen LogP contribution in [0.25, 0.3) is 11.3 Å². The Kier molecular flexibility index (Phi) is 4.24. The molecule has 2 heterocycles. The predicted molar refractivity (Wildman–Crippen MR) is 99.4 cm³/mol. The van der Waals surface area contributed by atoms with Gasteiger partial charge in [0.2, 0.25) is 0 Å². The smallest absolute Gasteiger partial charge is 0.321 e. The lowest BCUT2D eigenvalue weighted by atomic mass is 9.73. The summed E-state index contributed by atoms with van der Waals surface area (Å²) >= 11 is 0. The zero-order chi connectivity index (χ0) is 17.3. The highest BCUT2D eigenvalue weighted by molar-refractivity contribution is 5.93. The Morgan fingerprint density at radius 3 is 2.64 bits per heavy atom. The number of carbonyl (C=O) groups excluding carboxylic acids is 1. The maximum atomic E-state index is 12.8. The van der Waals surface area contributed by atoms with Gasteiger partial charge in [0.1, 0.15) is 5.69 Å². The Morgan fingerprint density at radius 1 is 1.12 bits per heavy atom. The minimum atomic E-state index is 0.00706. The molecule has 1 spiro atoms. The van der Waals surface area contributed by atoms with Crippen molar-refractivity contribution in [1.82, 2.24) is 14.7 Å². The van der Waals surface area contributed by atoms with Crippen molar-refractivity contribution >= 4 is 11.7 Å². The summed E-state index contributed by atoms with van der Waals surface area (Å²) in [5.41, 5.74) is 3.00. The molecule has 0 atom stereocenters. The molecule has 1 aromatic carbocycles. The lowest BCUT2D eigenvalue weighted by Crippen LogP contribution is -2.36. The van der Waals surface area contributed by atoms with Gasteiger partial charge in [-0.05, 0) is 24.7 Å². The van der Waals surface area contributed by atoms with Gasteiger partial charge >= 0.3 is 6.03 Å². The highest BCUT2D eigenvalue weighted by Gasteiger charge is 2.40. The van der Waals surface area contributed by atoms with Gasteiger partial charge in [-0.1, -0.05) is 49.6 Å². The summed E-state index contributed by atoms with van der Waals surface area (Å²) in [7, 11) is 1.88. The number of carbonyl (C=O) groups is 1. The SMILES string of the molecule is Cn1cc(NC(=O)N2CCC3(CCCCC3)C2)c(-c2ccccc2)n1. The van der Waals surface area contributed by atoms with Gasteiger partial charge in [0.15, 0.2) is 0 Å². The number of amides is 2. The quantitative estimate of drug-likeness (QED) is 0.889. The van der Waals surface area contributed by atoms with Crippen molar-refractivity contribution in [2.45, 2.75) is 38.5 Å². The zero-order valence-electron chi connectivity index (χ0n) is 14.9. The van der Waals surface area contributed by atoms with Crippen LogP contribution in [0.5, 0.6) is 0 Å². The molecule has 1 saturated heterocycles. The molecule has 1 aliphatic heterocycles. The molecule has 5 nitrogen and oxygen atoms in total. The van der Waals surface area contributed by atoms with Gasteiger partial charge in [0, 0.05) is 31.9 Å². The van der Waals surface area contributed by atoms with Crippen LogP contribution in [0.4, 0.5) is 10.5 Å². The molecule has 4 rings (SSSR count). The number of anilines is 1. The van der Waals surface area contributed by atoms with Crippen LogP contribution >= 0.6 is 0 Å². The van der Waals surface area contributed by atoms with Crippen LogP contribution in [0.15, 0.2) is 36.5 Å². The maximum Gasteiger partial charge on any atom is 0.321 e. The molecule has 5 heteroatoms. The minimum absolute atomic E-state index is 0.00706.